The molecule has 0 amide bonds. The predicted octanol–water partition coefficient (Wildman–Crippen LogP) is 4.66. The second-order valence-electron chi connectivity index (χ2n) is 5.91. The minimum Gasteiger partial charge on any atom is -0.497 e. The molecule has 0 unspecified atom stereocenters. The Labute approximate surface area is 142 Å². The van der Waals surface area contributed by atoms with Crippen LogP contribution in [-0.2, 0) is 0 Å². The quantitative estimate of drug-likeness (QED) is 0.770. The molecule has 0 bridgehead atoms. The number of oxime groups is 1. The summed E-state index contributed by atoms with van der Waals surface area (Å²) in [7, 11) is 1.59. The van der Waals surface area contributed by atoms with Gasteiger partial charge in [-0.15, -0.1) is 0 Å². The first-order chi connectivity index (χ1) is 11.8. The van der Waals surface area contributed by atoms with Gasteiger partial charge in [-0.05, 0) is 49.3 Å². The standard InChI is InChI=1S/C20H20N2O2/c1-23-19-12-9-17(14-21)20(13-19)24-22-18-10-7-16(8-11-18)15-5-3-2-4-6-15/h2-6,9,12-13,16H,7-8,10-11H2,1H3. The maximum Gasteiger partial charge on any atom is 0.179 e. The molecule has 0 saturated heterocycles. The first kappa shape index (κ1) is 16.1. The fourth-order valence-corrected chi connectivity index (χ4v) is 3.01. The Kier molecular flexibility index (Phi) is 5.12. The van der Waals surface area contributed by atoms with Gasteiger partial charge in [0, 0.05) is 6.07 Å². The average Bonchev–Trinajstić information content (AvgIpc) is 2.67. The first-order valence-corrected chi connectivity index (χ1v) is 8.16. The van der Waals surface area contributed by atoms with Crippen LogP contribution in [0.4, 0.5) is 0 Å². The number of nitrogens with zero attached hydrogens (tertiary/aromatic N) is 2. The highest BCUT2D eigenvalue weighted by Crippen LogP contribution is 2.32. The molecule has 1 saturated carbocycles. The van der Waals surface area contributed by atoms with E-state index in [2.05, 4.69) is 35.5 Å². The molecule has 4 heteroatoms. The van der Waals surface area contributed by atoms with E-state index in [0.29, 0.717) is 23.0 Å². The van der Waals surface area contributed by atoms with Gasteiger partial charge in [-0.25, -0.2) is 0 Å². The van der Waals surface area contributed by atoms with Crippen LogP contribution < -0.4 is 9.57 Å². The molecule has 3 rings (SSSR count). The van der Waals surface area contributed by atoms with Crippen molar-refractivity contribution < 1.29 is 9.57 Å². The molecule has 24 heavy (non-hydrogen) atoms. The SMILES string of the molecule is COc1ccc(C#N)c(ON=C2CCC(c3ccccc3)CC2)c1. The predicted molar refractivity (Wildman–Crippen MR) is 93.4 cm³/mol. The number of methoxy groups -OCH3 is 1. The average molecular weight is 320 g/mol. The Morgan fingerprint density at radius 1 is 1.08 bits per heavy atom. The zero-order valence-electron chi connectivity index (χ0n) is 13.7. The highest BCUT2D eigenvalue weighted by atomic mass is 16.6. The van der Waals surface area contributed by atoms with Gasteiger partial charge in [-0.2, -0.15) is 5.26 Å². The lowest BCUT2D eigenvalue weighted by molar-refractivity contribution is 0.330. The van der Waals surface area contributed by atoms with E-state index in [1.165, 1.54) is 5.56 Å². The fraction of sp³-hybridized carbons (Fsp3) is 0.300. The summed E-state index contributed by atoms with van der Waals surface area (Å²) in [6.45, 7) is 0. The lowest BCUT2D eigenvalue weighted by atomic mass is 9.83. The summed E-state index contributed by atoms with van der Waals surface area (Å²) in [6, 6.07) is 17.8. The topological polar surface area (TPSA) is 54.6 Å². The van der Waals surface area contributed by atoms with Crippen LogP contribution in [-0.4, -0.2) is 12.8 Å². The molecule has 1 aliphatic rings. The third kappa shape index (κ3) is 3.75. The molecule has 0 spiro atoms. The molecule has 0 aromatic heterocycles. The largest absolute Gasteiger partial charge is 0.497 e. The van der Waals surface area contributed by atoms with Crippen molar-refractivity contribution in [1.29, 1.82) is 5.26 Å². The maximum absolute atomic E-state index is 9.16. The van der Waals surface area contributed by atoms with Gasteiger partial charge < -0.3 is 9.57 Å². The molecule has 0 atom stereocenters. The summed E-state index contributed by atoms with van der Waals surface area (Å²) < 4.78 is 5.17. The lowest BCUT2D eigenvalue weighted by Gasteiger charge is -2.23. The molecular weight excluding hydrogens is 300 g/mol. The van der Waals surface area contributed by atoms with Gasteiger partial charge in [-0.3, -0.25) is 0 Å². The zero-order valence-corrected chi connectivity index (χ0v) is 13.7. The van der Waals surface area contributed by atoms with Crippen molar-refractivity contribution in [2.75, 3.05) is 7.11 Å². The normalized spacial score (nSPS) is 17.0. The Balaban J connectivity index is 1.64. The van der Waals surface area contributed by atoms with Crippen molar-refractivity contribution >= 4 is 5.71 Å². The molecule has 2 aromatic carbocycles. The van der Waals surface area contributed by atoms with Gasteiger partial charge in [0.05, 0.1) is 18.4 Å². The van der Waals surface area contributed by atoms with Gasteiger partial charge in [0.15, 0.2) is 5.75 Å². The van der Waals surface area contributed by atoms with Gasteiger partial charge in [0.25, 0.3) is 0 Å². The van der Waals surface area contributed by atoms with Crippen molar-refractivity contribution in [2.24, 2.45) is 5.16 Å². The Hall–Kier alpha value is -2.80. The Morgan fingerprint density at radius 2 is 1.83 bits per heavy atom. The van der Waals surface area contributed by atoms with Crippen LogP contribution in [0, 0.1) is 11.3 Å². The van der Waals surface area contributed by atoms with Crippen LogP contribution >= 0.6 is 0 Å². The van der Waals surface area contributed by atoms with Gasteiger partial charge in [0.2, 0.25) is 0 Å². The van der Waals surface area contributed by atoms with Crippen molar-refractivity contribution in [3.8, 4) is 17.6 Å². The van der Waals surface area contributed by atoms with E-state index in [-0.39, 0.29) is 0 Å². The summed E-state index contributed by atoms with van der Waals surface area (Å²) in [5, 5.41) is 13.4. The highest BCUT2D eigenvalue weighted by Gasteiger charge is 2.19. The molecule has 2 aromatic rings. The Bertz CT molecular complexity index is 753. The number of rotatable bonds is 4. The summed E-state index contributed by atoms with van der Waals surface area (Å²) >= 11 is 0. The van der Waals surface area contributed by atoms with Crippen LogP contribution in [0.2, 0.25) is 0 Å². The van der Waals surface area contributed by atoms with Crippen LogP contribution in [0.15, 0.2) is 53.7 Å². The van der Waals surface area contributed by atoms with Crippen LogP contribution in [0.25, 0.3) is 0 Å². The number of nitriles is 1. The number of hydrogen-bond donors (Lipinski definition) is 0. The molecule has 0 N–H and O–H groups in total. The highest BCUT2D eigenvalue weighted by molar-refractivity contribution is 5.85. The van der Waals surface area contributed by atoms with Crippen LogP contribution in [0.5, 0.6) is 11.5 Å². The molecule has 1 aliphatic carbocycles. The van der Waals surface area contributed by atoms with E-state index < -0.39 is 0 Å². The number of hydrogen-bond acceptors (Lipinski definition) is 4. The van der Waals surface area contributed by atoms with Gasteiger partial charge in [0.1, 0.15) is 11.8 Å². The minimum absolute atomic E-state index is 0.439. The van der Waals surface area contributed by atoms with Crippen molar-refractivity contribution in [3.63, 3.8) is 0 Å². The van der Waals surface area contributed by atoms with Crippen molar-refractivity contribution in [3.05, 3.63) is 59.7 Å². The summed E-state index contributed by atoms with van der Waals surface area (Å²) in [4.78, 5) is 5.54. The van der Waals surface area contributed by atoms with Crippen LogP contribution in [0.3, 0.4) is 0 Å². The second-order valence-corrected chi connectivity index (χ2v) is 5.91. The smallest absolute Gasteiger partial charge is 0.179 e. The van der Waals surface area contributed by atoms with E-state index in [0.717, 1.165) is 31.4 Å². The lowest BCUT2D eigenvalue weighted by Crippen LogP contribution is -2.13. The molecule has 0 heterocycles. The summed E-state index contributed by atoms with van der Waals surface area (Å²) in [5.41, 5.74) is 2.91. The van der Waals surface area contributed by atoms with Crippen molar-refractivity contribution in [2.45, 2.75) is 31.6 Å². The zero-order chi connectivity index (χ0) is 16.8. The number of ether oxygens (including phenoxy) is 1. The fourth-order valence-electron chi connectivity index (χ4n) is 3.01. The first-order valence-electron chi connectivity index (χ1n) is 8.16. The van der Waals surface area contributed by atoms with E-state index >= 15 is 0 Å². The molecule has 0 radical (unpaired) electrons. The minimum atomic E-state index is 0.439. The van der Waals surface area contributed by atoms with E-state index in [1.807, 2.05) is 6.07 Å². The molecule has 0 aliphatic heterocycles. The third-order valence-electron chi connectivity index (χ3n) is 4.42. The summed E-state index contributed by atoms with van der Waals surface area (Å²) in [6.07, 6.45) is 4.00. The number of benzene rings is 2. The van der Waals surface area contributed by atoms with Gasteiger partial charge in [-0.1, -0.05) is 35.5 Å². The van der Waals surface area contributed by atoms with Crippen LogP contribution in [0.1, 0.15) is 42.7 Å². The molecule has 1 fully saturated rings. The molecule has 122 valence electrons. The van der Waals surface area contributed by atoms with E-state index in [1.54, 1.807) is 25.3 Å². The van der Waals surface area contributed by atoms with E-state index in [9.17, 15) is 0 Å². The second kappa shape index (κ2) is 7.65. The third-order valence-corrected chi connectivity index (χ3v) is 4.42. The Morgan fingerprint density at radius 3 is 2.50 bits per heavy atom. The van der Waals surface area contributed by atoms with E-state index in [4.69, 9.17) is 14.8 Å². The maximum atomic E-state index is 9.16. The molecule has 4 nitrogen and oxygen atoms in total. The monoisotopic (exact) mass is 320 g/mol. The molecular formula is C20H20N2O2. The summed E-state index contributed by atoms with van der Waals surface area (Å²) in [5.74, 6) is 1.68. The van der Waals surface area contributed by atoms with Crippen molar-refractivity contribution in [1.82, 2.24) is 0 Å². The van der Waals surface area contributed by atoms with Gasteiger partial charge >= 0.3 is 0 Å².